The molecule has 0 saturated heterocycles. The molecule has 0 radical (unpaired) electrons. The summed E-state index contributed by atoms with van der Waals surface area (Å²) in [4.78, 5) is 23.6. The molecule has 0 fully saturated rings. The number of ether oxygens (including phenoxy) is 1. The number of hydrogen-bond acceptors (Lipinski definition) is 4. The number of carboxylic acids is 1. The van der Waals surface area contributed by atoms with Gasteiger partial charge in [0.05, 0.1) is 11.3 Å². The molecule has 2 N–H and O–H groups in total. The lowest BCUT2D eigenvalue weighted by Gasteiger charge is -2.21. The molecule has 0 saturated carbocycles. The number of carbonyl (C=O) groups is 2. The molecule has 0 bridgehead atoms. The van der Waals surface area contributed by atoms with E-state index in [4.69, 9.17) is 4.74 Å². The molecule has 8 heteroatoms. The standard InChI is InChI=1S/C18H22FN3O4/c1-18(2,3)26-11-9-15(17(24)25)20-16(23)14-8-10-22(21-14)13-6-4-12(19)5-7-13/h4-8,10,15H,9,11H2,1-3H3,(H,20,23)(H,24,25). The molecule has 0 spiro atoms. The number of hydrogen-bond donors (Lipinski definition) is 2. The van der Waals surface area contributed by atoms with Gasteiger partial charge in [-0.15, -0.1) is 0 Å². The predicted octanol–water partition coefficient (Wildman–Crippen LogP) is 2.40. The fraction of sp³-hybridized carbons (Fsp3) is 0.389. The Kier molecular flexibility index (Phi) is 6.10. The Balaban J connectivity index is 2.01. The Bertz CT molecular complexity index is 765. The van der Waals surface area contributed by atoms with Crippen LogP contribution in [-0.2, 0) is 9.53 Å². The maximum Gasteiger partial charge on any atom is 0.326 e. The van der Waals surface area contributed by atoms with Crippen LogP contribution in [0.15, 0.2) is 36.5 Å². The monoisotopic (exact) mass is 363 g/mol. The third-order valence-corrected chi connectivity index (χ3v) is 3.46. The summed E-state index contributed by atoms with van der Waals surface area (Å²) in [6.45, 7) is 5.79. The quantitative estimate of drug-likeness (QED) is 0.788. The molecule has 0 aliphatic carbocycles. The molecule has 1 heterocycles. The van der Waals surface area contributed by atoms with Crippen LogP contribution in [0.5, 0.6) is 0 Å². The molecule has 1 aromatic heterocycles. The van der Waals surface area contributed by atoms with E-state index in [-0.39, 0.29) is 30.1 Å². The second kappa shape index (κ2) is 8.09. The average molecular weight is 363 g/mol. The van der Waals surface area contributed by atoms with Crippen LogP contribution in [-0.4, -0.2) is 45.0 Å². The van der Waals surface area contributed by atoms with Gasteiger partial charge in [0.1, 0.15) is 11.9 Å². The van der Waals surface area contributed by atoms with Gasteiger partial charge in [-0.2, -0.15) is 5.10 Å². The Morgan fingerprint density at radius 2 is 1.92 bits per heavy atom. The first-order valence-electron chi connectivity index (χ1n) is 8.15. The third-order valence-electron chi connectivity index (χ3n) is 3.46. The normalized spacial score (nSPS) is 12.6. The van der Waals surface area contributed by atoms with E-state index >= 15 is 0 Å². The minimum atomic E-state index is -1.14. The van der Waals surface area contributed by atoms with Crippen molar-refractivity contribution in [2.75, 3.05) is 6.61 Å². The number of aromatic nitrogens is 2. The number of nitrogens with zero attached hydrogens (tertiary/aromatic N) is 2. The molecule has 2 rings (SSSR count). The highest BCUT2D eigenvalue weighted by atomic mass is 19.1. The van der Waals surface area contributed by atoms with Crippen molar-refractivity contribution in [1.29, 1.82) is 0 Å². The Labute approximate surface area is 150 Å². The summed E-state index contributed by atoms with van der Waals surface area (Å²) in [6, 6.07) is 5.99. The van der Waals surface area contributed by atoms with Gasteiger partial charge in [-0.25, -0.2) is 13.9 Å². The zero-order valence-electron chi connectivity index (χ0n) is 14.9. The van der Waals surface area contributed by atoms with Gasteiger partial charge >= 0.3 is 5.97 Å². The van der Waals surface area contributed by atoms with Crippen molar-refractivity contribution in [2.24, 2.45) is 0 Å². The summed E-state index contributed by atoms with van der Waals surface area (Å²) in [5.41, 5.74) is 0.261. The van der Waals surface area contributed by atoms with Gasteiger partial charge in [0, 0.05) is 19.2 Å². The van der Waals surface area contributed by atoms with Crippen molar-refractivity contribution in [3.8, 4) is 5.69 Å². The number of aliphatic carboxylic acids is 1. The van der Waals surface area contributed by atoms with E-state index in [9.17, 15) is 19.1 Å². The minimum absolute atomic E-state index is 0.0670. The maximum absolute atomic E-state index is 13.0. The summed E-state index contributed by atoms with van der Waals surface area (Å²) < 4.78 is 19.9. The van der Waals surface area contributed by atoms with Crippen LogP contribution in [0, 0.1) is 5.82 Å². The molecule has 2 aromatic rings. The highest BCUT2D eigenvalue weighted by molar-refractivity contribution is 5.94. The van der Waals surface area contributed by atoms with Crippen molar-refractivity contribution in [3.05, 3.63) is 48.0 Å². The van der Waals surface area contributed by atoms with E-state index in [1.54, 1.807) is 6.20 Å². The van der Waals surface area contributed by atoms with Crippen LogP contribution in [0.3, 0.4) is 0 Å². The number of rotatable bonds is 7. The molecule has 1 unspecified atom stereocenters. The van der Waals surface area contributed by atoms with Gasteiger partial charge in [-0.1, -0.05) is 0 Å². The van der Waals surface area contributed by atoms with E-state index in [0.29, 0.717) is 5.69 Å². The number of benzene rings is 1. The predicted molar refractivity (Wildman–Crippen MR) is 92.7 cm³/mol. The van der Waals surface area contributed by atoms with E-state index in [1.807, 2.05) is 20.8 Å². The molecule has 7 nitrogen and oxygen atoms in total. The number of nitrogens with one attached hydrogen (secondary N) is 1. The summed E-state index contributed by atoms with van der Waals surface area (Å²) in [5.74, 6) is -2.12. The molecule has 0 aliphatic rings. The second-order valence-corrected chi connectivity index (χ2v) is 6.74. The topological polar surface area (TPSA) is 93.5 Å². The number of carboxylic acid groups (broad SMARTS) is 1. The first-order valence-corrected chi connectivity index (χ1v) is 8.15. The number of halogens is 1. The maximum atomic E-state index is 13.0. The van der Waals surface area contributed by atoms with Crippen LogP contribution in [0.2, 0.25) is 0 Å². The van der Waals surface area contributed by atoms with Crippen LogP contribution in [0.1, 0.15) is 37.7 Å². The highest BCUT2D eigenvalue weighted by Crippen LogP contribution is 2.10. The van der Waals surface area contributed by atoms with E-state index in [0.717, 1.165) is 0 Å². The first kappa shape index (κ1) is 19.6. The van der Waals surface area contributed by atoms with Crippen LogP contribution in [0.4, 0.5) is 4.39 Å². The Morgan fingerprint density at radius 1 is 1.27 bits per heavy atom. The fourth-order valence-electron chi connectivity index (χ4n) is 2.16. The van der Waals surface area contributed by atoms with Gasteiger partial charge in [0.2, 0.25) is 0 Å². The fourth-order valence-corrected chi connectivity index (χ4v) is 2.16. The minimum Gasteiger partial charge on any atom is -0.480 e. The molecule has 140 valence electrons. The van der Waals surface area contributed by atoms with Gasteiger partial charge in [-0.3, -0.25) is 4.79 Å². The average Bonchev–Trinajstić information content (AvgIpc) is 3.03. The second-order valence-electron chi connectivity index (χ2n) is 6.74. The van der Waals surface area contributed by atoms with Crippen LogP contribution in [0.25, 0.3) is 5.69 Å². The van der Waals surface area contributed by atoms with Crippen LogP contribution >= 0.6 is 0 Å². The number of amides is 1. The molecule has 0 aliphatic heterocycles. The van der Waals surface area contributed by atoms with Crippen molar-refractivity contribution in [2.45, 2.75) is 38.8 Å². The van der Waals surface area contributed by atoms with E-state index in [2.05, 4.69) is 10.4 Å². The SMILES string of the molecule is CC(C)(C)OCCC(NC(=O)c1ccn(-c2ccc(F)cc2)n1)C(=O)O. The van der Waals surface area contributed by atoms with E-state index < -0.39 is 17.9 Å². The molecule has 1 amide bonds. The molecule has 1 atom stereocenters. The first-order chi connectivity index (χ1) is 12.2. The van der Waals surface area contributed by atoms with Crippen molar-refractivity contribution in [3.63, 3.8) is 0 Å². The summed E-state index contributed by atoms with van der Waals surface area (Å²) in [5, 5.41) is 15.8. The zero-order chi connectivity index (χ0) is 19.3. The van der Waals surface area contributed by atoms with E-state index in [1.165, 1.54) is 35.0 Å². The summed E-state index contributed by atoms with van der Waals surface area (Å²) >= 11 is 0. The molecule has 26 heavy (non-hydrogen) atoms. The molecule has 1 aromatic carbocycles. The largest absolute Gasteiger partial charge is 0.480 e. The molecular weight excluding hydrogens is 341 g/mol. The van der Waals surface area contributed by atoms with Crippen molar-refractivity contribution < 1.29 is 23.8 Å². The summed E-state index contributed by atoms with van der Waals surface area (Å²) in [7, 11) is 0. The van der Waals surface area contributed by atoms with Crippen molar-refractivity contribution in [1.82, 2.24) is 15.1 Å². The lowest BCUT2D eigenvalue weighted by molar-refractivity contribution is -0.140. The third kappa shape index (κ3) is 5.66. The Hall–Kier alpha value is -2.74. The van der Waals surface area contributed by atoms with Crippen LogP contribution < -0.4 is 5.32 Å². The highest BCUT2D eigenvalue weighted by Gasteiger charge is 2.23. The van der Waals surface area contributed by atoms with Gasteiger partial charge in [0.25, 0.3) is 5.91 Å². The lowest BCUT2D eigenvalue weighted by atomic mass is 10.1. The summed E-state index contributed by atoms with van der Waals surface area (Å²) in [6.07, 6.45) is 1.68. The molecular formula is C18H22FN3O4. The number of carbonyl (C=O) groups excluding carboxylic acids is 1. The van der Waals surface area contributed by atoms with Gasteiger partial charge in [-0.05, 0) is 51.1 Å². The van der Waals surface area contributed by atoms with Gasteiger partial charge < -0.3 is 15.2 Å². The Morgan fingerprint density at radius 3 is 2.50 bits per heavy atom. The zero-order valence-corrected chi connectivity index (χ0v) is 14.9. The van der Waals surface area contributed by atoms with Gasteiger partial charge in [0.15, 0.2) is 5.69 Å². The smallest absolute Gasteiger partial charge is 0.326 e. The van der Waals surface area contributed by atoms with Crippen molar-refractivity contribution >= 4 is 11.9 Å². The lowest BCUT2D eigenvalue weighted by Crippen LogP contribution is -2.42.